The van der Waals surface area contributed by atoms with Gasteiger partial charge in [-0.15, -0.1) is 0 Å². The van der Waals surface area contributed by atoms with Crippen molar-refractivity contribution < 1.29 is 46.7 Å². The summed E-state index contributed by atoms with van der Waals surface area (Å²) in [7, 11) is -4.56. The Kier molecular flexibility index (Phi) is 24.0. The van der Waals surface area contributed by atoms with Gasteiger partial charge in [-0.3, -0.25) is 4.18 Å². The van der Waals surface area contributed by atoms with Crippen LogP contribution in [0.5, 0.6) is 0 Å². The summed E-state index contributed by atoms with van der Waals surface area (Å²) < 4.78 is 36.7. The van der Waals surface area contributed by atoms with Crippen LogP contribution in [0.1, 0.15) is 123 Å². The average molecular weight is 415 g/mol. The van der Waals surface area contributed by atoms with E-state index in [0.717, 1.165) is 25.7 Å². The van der Waals surface area contributed by atoms with Crippen molar-refractivity contribution in [3.63, 3.8) is 0 Å². The number of hydrogen-bond donors (Lipinski definition) is 0. The first-order chi connectivity index (χ1) is 12.5. The molecule has 0 aromatic rings. The predicted molar refractivity (Wildman–Crippen MR) is 109 cm³/mol. The summed E-state index contributed by atoms with van der Waals surface area (Å²) in [4.78, 5) is 0. The molecule has 0 aromatic carbocycles. The van der Waals surface area contributed by atoms with E-state index in [1.807, 2.05) is 0 Å². The molecule has 4 nitrogen and oxygen atoms in total. The van der Waals surface area contributed by atoms with Crippen LogP contribution in [-0.4, -0.2) is 19.6 Å². The molecule has 0 amide bonds. The monoisotopic (exact) mass is 414 g/mol. The van der Waals surface area contributed by atoms with Crippen LogP contribution >= 0.6 is 0 Å². The fourth-order valence-corrected chi connectivity index (χ4v) is 3.81. The summed E-state index contributed by atoms with van der Waals surface area (Å²) in [6.45, 7) is 4.52. The van der Waals surface area contributed by atoms with E-state index in [1.165, 1.54) is 83.5 Å². The van der Waals surface area contributed by atoms with E-state index in [-0.39, 0.29) is 42.1 Å². The van der Waals surface area contributed by atoms with Crippen molar-refractivity contribution in [3.8, 4) is 0 Å². The molecule has 27 heavy (non-hydrogen) atoms. The first-order valence-corrected chi connectivity index (χ1v) is 12.4. The molecule has 0 aliphatic carbocycles. The molecule has 158 valence electrons. The van der Waals surface area contributed by atoms with E-state index in [1.54, 1.807) is 0 Å². The van der Waals surface area contributed by atoms with Crippen LogP contribution in [0.25, 0.3) is 0 Å². The second kappa shape index (κ2) is 21.6. The van der Waals surface area contributed by atoms with E-state index < -0.39 is 10.4 Å². The minimum absolute atomic E-state index is 0. The van der Waals surface area contributed by atoms with Gasteiger partial charge in [0.05, 0.1) is 6.61 Å². The van der Waals surface area contributed by atoms with E-state index in [4.69, 9.17) is 0 Å². The van der Waals surface area contributed by atoms with Crippen LogP contribution in [0.4, 0.5) is 0 Å². The Morgan fingerprint density at radius 1 is 0.667 bits per heavy atom. The van der Waals surface area contributed by atoms with Crippen molar-refractivity contribution >= 4 is 10.4 Å². The molecule has 0 N–H and O–H groups in total. The van der Waals surface area contributed by atoms with E-state index >= 15 is 0 Å². The summed E-state index contributed by atoms with van der Waals surface area (Å²) in [5.74, 6) is 0.203. The second-order valence-corrected chi connectivity index (χ2v) is 8.78. The Bertz CT molecular complexity index is 388. The van der Waals surface area contributed by atoms with Gasteiger partial charge in [-0.2, -0.15) is 0 Å². The average Bonchev–Trinajstić information content (AvgIpc) is 2.59. The van der Waals surface area contributed by atoms with Crippen molar-refractivity contribution in [3.05, 3.63) is 0 Å². The van der Waals surface area contributed by atoms with Gasteiger partial charge in [0.25, 0.3) is 0 Å². The van der Waals surface area contributed by atoms with Crippen LogP contribution in [-0.2, 0) is 14.6 Å². The third-order valence-electron chi connectivity index (χ3n) is 5.13. The van der Waals surface area contributed by atoms with Gasteiger partial charge in [-0.1, -0.05) is 110 Å². The van der Waals surface area contributed by atoms with Crippen LogP contribution < -0.4 is 29.6 Å². The van der Waals surface area contributed by atoms with Gasteiger partial charge in [0.1, 0.15) is 0 Å². The molecule has 0 saturated carbocycles. The third kappa shape index (κ3) is 24.8. The minimum Gasteiger partial charge on any atom is -0.726 e. The second-order valence-electron chi connectivity index (χ2n) is 7.73. The molecule has 0 aliphatic heterocycles. The molecule has 0 aromatic heterocycles. The maximum Gasteiger partial charge on any atom is 1.00 e. The molecule has 1 atom stereocenters. The fraction of sp³-hybridized carbons (Fsp3) is 1.00. The summed E-state index contributed by atoms with van der Waals surface area (Å²) in [6.07, 6.45) is 20.9. The van der Waals surface area contributed by atoms with Crippen molar-refractivity contribution in [1.29, 1.82) is 0 Å². The minimum atomic E-state index is -4.56. The molecule has 0 saturated heterocycles. The Labute approximate surface area is 191 Å². The predicted octanol–water partition coefficient (Wildman–Crippen LogP) is 3.75. The Balaban J connectivity index is 0. The molecule has 6 heteroatoms. The standard InChI is InChI=1S/C21H44O4S.Na/c1-3-5-7-9-11-12-13-15-17-19-21(20-25-26(22,23)24)18-16-14-10-8-6-4-2;/h21H,3-20H2,1-2H3,(H,22,23,24);/q;+1/p-1. The molecule has 0 radical (unpaired) electrons. The summed E-state index contributed by atoms with van der Waals surface area (Å²) in [5, 5.41) is 0. The van der Waals surface area contributed by atoms with Gasteiger partial charge >= 0.3 is 29.6 Å². The molecule has 0 bridgehead atoms. The molecule has 1 unspecified atom stereocenters. The van der Waals surface area contributed by atoms with Crippen molar-refractivity contribution in [2.45, 2.75) is 123 Å². The largest absolute Gasteiger partial charge is 1.00 e. The first kappa shape index (κ1) is 30.1. The van der Waals surface area contributed by atoms with Crippen LogP contribution in [0.15, 0.2) is 0 Å². The van der Waals surface area contributed by atoms with Crippen molar-refractivity contribution in [2.75, 3.05) is 6.61 Å². The Morgan fingerprint density at radius 3 is 1.33 bits per heavy atom. The zero-order valence-electron chi connectivity index (χ0n) is 18.3. The van der Waals surface area contributed by atoms with Gasteiger partial charge in [0.2, 0.25) is 10.4 Å². The zero-order valence-corrected chi connectivity index (χ0v) is 21.2. The summed E-state index contributed by atoms with van der Waals surface area (Å²) in [5.41, 5.74) is 0. The molecule has 0 heterocycles. The van der Waals surface area contributed by atoms with Crippen LogP contribution in [0.2, 0.25) is 0 Å². The van der Waals surface area contributed by atoms with Gasteiger partial charge < -0.3 is 4.55 Å². The van der Waals surface area contributed by atoms with Gasteiger partial charge in [-0.25, -0.2) is 8.42 Å². The van der Waals surface area contributed by atoms with Crippen LogP contribution in [0, 0.1) is 5.92 Å². The number of unbranched alkanes of at least 4 members (excludes halogenated alkanes) is 13. The molecule has 0 rings (SSSR count). The van der Waals surface area contributed by atoms with E-state index in [2.05, 4.69) is 18.0 Å². The Hall–Kier alpha value is 0.870. The van der Waals surface area contributed by atoms with E-state index in [0.29, 0.717) is 0 Å². The smallest absolute Gasteiger partial charge is 0.726 e. The van der Waals surface area contributed by atoms with Gasteiger partial charge in [0.15, 0.2) is 0 Å². The summed E-state index contributed by atoms with van der Waals surface area (Å²) >= 11 is 0. The van der Waals surface area contributed by atoms with Gasteiger partial charge in [0, 0.05) is 0 Å². The molecular weight excluding hydrogens is 371 g/mol. The van der Waals surface area contributed by atoms with E-state index in [9.17, 15) is 13.0 Å². The maximum absolute atomic E-state index is 10.7. The Morgan fingerprint density at radius 2 is 1.00 bits per heavy atom. The number of hydrogen-bond acceptors (Lipinski definition) is 4. The molecule has 0 fully saturated rings. The third-order valence-corrected chi connectivity index (χ3v) is 5.55. The van der Waals surface area contributed by atoms with Crippen molar-refractivity contribution in [1.82, 2.24) is 0 Å². The van der Waals surface area contributed by atoms with Gasteiger partial charge in [-0.05, 0) is 18.8 Å². The first-order valence-electron chi connectivity index (χ1n) is 11.1. The van der Waals surface area contributed by atoms with Crippen LogP contribution in [0.3, 0.4) is 0 Å². The molecule has 0 spiro atoms. The zero-order chi connectivity index (χ0) is 19.5. The van der Waals surface area contributed by atoms with Crippen molar-refractivity contribution in [2.24, 2.45) is 5.92 Å². The normalized spacial score (nSPS) is 12.7. The maximum atomic E-state index is 10.7. The molecular formula is C21H43NaO4S. The number of rotatable bonds is 20. The summed E-state index contributed by atoms with van der Waals surface area (Å²) in [6, 6.07) is 0. The fourth-order valence-electron chi connectivity index (χ4n) is 3.45. The quantitative estimate of drug-likeness (QED) is 0.132. The molecule has 0 aliphatic rings. The SMILES string of the molecule is CCCCCCCCCCCC(CCCCCCCC)COS(=O)(=O)[O-].[Na+]. The topological polar surface area (TPSA) is 66.4 Å².